The average Bonchev–Trinajstić information content (AvgIpc) is 3.28. The van der Waals surface area contributed by atoms with Crippen molar-refractivity contribution >= 4 is 33.9 Å². The lowest BCUT2D eigenvalue weighted by Crippen LogP contribution is -2.29. The van der Waals surface area contributed by atoms with E-state index in [0.717, 1.165) is 10.6 Å². The summed E-state index contributed by atoms with van der Waals surface area (Å²) >= 11 is 1.27. The Hall–Kier alpha value is -3.72. The first kappa shape index (κ1) is 22.5. The molecule has 7 nitrogen and oxygen atoms in total. The summed E-state index contributed by atoms with van der Waals surface area (Å²) in [5.41, 5.74) is 1.22. The molecule has 0 unspecified atom stereocenters. The van der Waals surface area contributed by atoms with E-state index < -0.39 is 29.3 Å². The third-order valence-electron chi connectivity index (χ3n) is 5.51. The number of hydrogen-bond donors (Lipinski definition) is 1. The van der Waals surface area contributed by atoms with Crippen molar-refractivity contribution in [2.45, 2.75) is 19.9 Å². The van der Waals surface area contributed by atoms with Crippen molar-refractivity contribution in [2.75, 3.05) is 19.1 Å². The van der Waals surface area contributed by atoms with Crippen LogP contribution in [0, 0.1) is 19.7 Å². The van der Waals surface area contributed by atoms with Crippen LogP contribution in [-0.2, 0) is 9.59 Å². The van der Waals surface area contributed by atoms with E-state index in [0.29, 0.717) is 22.2 Å². The molecule has 0 radical (unpaired) electrons. The van der Waals surface area contributed by atoms with Gasteiger partial charge in [0, 0.05) is 16.0 Å². The number of aliphatic hydroxyl groups is 1. The summed E-state index contributed by atoms with van der Waals surface area (Å²) < 4.78 is 24.4. The molecule has 1 N–H and O–H groups in total. The molecule has 1 atom stereocenters. The van der Waals surface area contributed by atoms with Crippen LogP contribution in [-0.4, -0.2) is 36.0 Å². The van der Waals surface area contributed by atoms with Crippen LogP contribution in [0.25, 0.3) is 5.76 Å². The second kappa shape index (κ2) is 8.67. The van der Waals surface area contributed by atoms with Crippen LogP contribution in [0.15, 0.2) is 48.0 Å². The summed E-state index contributed by atoms with van der Waals surface area (Å²) in [7, 11) is 2.93. The zero-order valence-electron chi connectivity index (χ0n) is 18.4. The Morgan fingerprint density at radius 1 is 1.09 bits per heavy atom. The molecule has 1 saturated heterocycles. The quantitative estimate of drug-likeness (QED) is 0.336. The topological polar surface area (TPSA) is 89.0 Å². The Labute approximate surface area is 193 Å². The largest absolute Gasteiger partial charge is 0.507 e. The number of hydrogen-bond acceptors (Lipinski definition) is 7. The van der Waals surface area contributed by atoms with Gasteiger partial charge in [-0.1, -0.05) is 12.1 Å². The number of aliphatic hydroxyl groups excluding tert-OH is 1. The molecule has 0 aliphatic carbocycles. The zero-order chi connectivity index (χ0) is 23.9. The monoisotopic (exact) mass is 468 g/mol. The molecule has 9 heteroatoms. The Morgan fingerprint density at radius 3 is 2.36 bits per heavy atom. The lowest BCUT2D eigenvalue weighted by atomic mass is 9.94. The summed E-state index contributed by atoms with van der Waals surface area (Å²) in [4.78, 5) is 33.1. The van der Waals surface area contributed by atoms with Crippen molar-refractivity contribution < 1.29 is 28.6 Å². The van der Waals surface area contributed by atoms with Crippen LogP contribution >= 0.6 is 11.3 Å². The maximum atomic E-state index is 13.4. The normalized spacial score (nSPS) is 17.5. The summed E-state index contributed by atoms with van der Waals surface area (Å²) in [5, 5.41) is 11.4. The molecule has 1 aliphatic rings. The Morgan fingerprint density at radius 2 is 1.79 bits per heavy atom. The number of carbonyl (C=O) groups excluding carboxylic acids is 2. The Bertz CT molecular complexity index is 1260. The molecule has 1 aromatic heterocycles. The van der Waals surface area contributed by atoms with Crippen LogP contribution in [0.5, 0.6) is 11.5 Å². The van der Waals surface area contributed by atoms with Gasteiger partial charge in [-0.2, -0.15) is 0 Å². The highest BCUT2D eigenvalue weighted by atomic mass is 32.1. The second-order valence-corrected chi connectivity index (χ2v) is 8.58. The number of anilines is 1. The number of halogens is 1. The molecule has 170 valence electrons. The van der Waals surface area contributed by atoms with Gasteiger partial charge in [0.1, 0.15) is 17.6 Å². The minimum atomic E-state index is -1.04. The molecule has 3 aromatic rings. The predicted octanol–water partition coefficient (Wildman–Crippen LogP) is 4.54. The smallest absolute Gasteiger partial charge is 0.301 e. The van der Waals surface area contributed by atoms with Crippen molar-refractivity contribution in [1.82, 2.24) is 4.98 Å². The number of ether oxygens (including phenoxy) is 2. The van der Waals surface area contributed by atoms with Gasteiger partial charge in [0.05, 0.1) is 25.5 Å². The van der Waals surface area contributed by atoms with Crippen molar-refractivity contribution in [2.24, 2.45) is 0 Å². The molecule has 1 aliphatic heterocycles. The van der Waals surface area contributed by atoms with E-state index in [9.17, 15) is 19.1 Å². The number of nitrogens with zero attached hydrogens (tertiary/aromatic N) is 2. The number of methoxy groups -OCH3 is 2. The molecule has 0 spiro atoms. The fraction of sp³-hybridized carbons (Fsp3) is 0.208. The summed E-state index contributed by atoms with van der Waals surface area (Å²) in [6.45, 7) is 3.68. The fourth-order valence-corrected chi connectivity index (χ4v) is 4.71. The molecular formula is C24H21FN2O5S. The summed E-state index contributed by atoms with van der Waals surface area (Å²) in [5.74, 6) is -1.91. The van der Waals surface area contributed by atoms with Crippen molar-refractivity contribution in [3.05, 3.63) is 75.6 Å². The minimum absolute atomic E-state index is 0.149. The van der Waals surface area contributed by atoms with E-state index in [-0.39, 0.29) is 11.1 Å². The molecule has 33 heavy (non-hydrogen) atoms. The van der Waals surface area contributed by atoms with Crippen LogP contribution in [0.2, 0.25) is 0 Å². The van der Waals surface area contributed by atoms with Gasteiger partial charge in [0.25, 0.3) is 5.78 Å². The predicted molar refractivity (Wildman–Crippen MR) is 122 cm³/mol. The molecule has 2 heterocycles. The number of thiazole rings is 1. The SMILES string of the molecule is COc1cccc([C@H]2C(=C(O)c3ccc(F)cc3)C(=O)C(=O)N2c2nc(C)c(C)s2)c1OC. The standard InChI is InChI=1S/C24H21FN2O5S/c1-12-13(2)33-24(26-12)27-19(16-6-5-7-17(31-3)22(16)32-4)18(21(29)23(27)30)20(28)14-8-10-15(25)11-9-14/h5-11,19,28H,1-4H3/t19-/m0/s1. The van der Waals surface area contributed by atoms with Crippen molar-refractivity contribution in [3.63, 3.8) is 0 Å². The lowest BCUT2D eigenvalue weighted by molar-refractivity contribution is -0.132. The van der Waals surface area contributed by atoms with Gasteiger partial charge < -0.3 is 14.6 Å². The van der Waals surface area contributed by atoms with Crippen LogP contribution in [0.1, 0.15) is 27.7 Å². The molecule has 4 rings (SSSR count). The lowest BCUT2D eigenvalue weighted by Gasteiger charge is -2.25. The van der Waals surface area contributed by atoms with E-state index in [2.05, 4.69) is 4.98 Å². The first-order chi connectivity index (χ1) is 15.8. The molecule has 0 bridgehead atoms. The van der Waals surface area contributed by atoms with Crippen LogP contribution < -0.4 is 14.4 Å². The van der Waals surface area contributed by atoms with Gasteiger partial charge in [-0.3, -0.25) is 14.5 Å². The third-order valence-corrected chi connectivity index (χ3v) is 6.59. The van der Waals surface area contributed by atoms with Gasteiger partial charge in [-0.25, -0.2) is 9.37 Å². The summed E-state index contributed by atoms with van der Waals surface area (Å²) in [6, 6.07) is 9.06. The molecule has 0 saturated carbocycles. The van der Waals surface area contributed by atoms with Crippen LogP contribution in [0.4, 0.5) is 9.52 Å². The highest BCUT2D eigenvalue weighted by molar-refractivity contribution is 7.16. The first-order valence-corrected chi connectivity index (χ1v) is 10.8. The second-order valence-electron chi connectivity index (χ2n) is 7.40. The number of amides is 1. The Kier molecular flexibility index (Phi) is 5.90. The average molecular weight is 469 g/mol. The molecule has 2 aromatic carbocycles. The van der Waals surface area contributed by atoms with Gasteiger partial charge in [-0.15, -0.1) is 11.3 Å². The summed E-state index contributed by atoms with van der Waals surface area (Å²) in [6.07, 6.45) is 0. The molecule has 1 fully saturated rings. The highest BCUT2D eigenvalue weighted by Crippen LogP contribution is 2.48. The highest BCUT2D eigenvalue weighted by Gasteiger charge is 2.49. The van der Waals surface area contributed by atoms with Gasteiger partial charge >= 0.3 is 5.91 Å². The van der Waals surface area contributed by atoms with Gasteiger partial charge in [0.15, 0.2) is 16.6 Å². The molecular weight excluding hydrogens is 447 g/mol. The van der Waals surface area contributed by atoms with E-state index in [1.165, 1.54) is 54.7 Å². The van der Waals surface area contributed by atoms with E-state index in [1.54, 1.807) is 18.2 Å². The number of Topliss-reactive ketones (excluding diaryl/α,β-unsaturated/α-hetero) is 1. The number of aromatic nitrogens is 1. The number of para-hydroxylation sites is 1. The maximum Gasteiger partial charge on any atom is 0.301 e. The van der Waals surface area contributed by atoms with Crippen molar-refractivity contribution in [3.8, 4) is 11.5 Å². The fourth-order valence-electron chi connectivity index (χ4n) is 3.77. The number of carbonyl (C=O) groups is 2. The van der Waals surface area contributed by atoms with E-state index >= 15 is 0 Å². The molecule has 1 amide bonds. The van der Waals surface area contributed by atoms with Crippen LogP contribution in [0.3, 0.4) is 0 Å². The van der Waals surface area contributed by atoms with Gasteiger partial charge in [-0.05, 0) is 44.2 Å². The maximum absolute atomic E-state index is 13.4. The zero-order valence-corrected chi connectivity index (χ0v) is 19.2. The van der Waals surface area contributed by atoms with Crippen molar-refractivity contribution in [1.29, 1.82) is 0 Å². The van der Waals surface area contributed by atoms with E-state index in [4.69, 9.17) is 9.47 Å². The first-order valence-electron chi connectivity index (χ1n) is 10.00. The number of aryl methyl sites for hydroxylation is 2. The number of benzene rings is 2. The number of rotatable bonds is 5. The number of ketones is 1. The third kappa shape index (κ3) is 3.74. The Balaban J connectivity index is 2.02. The van der Waals surface area contributed by atoms with Gasteiger partial charge in [0.2, 0.25) is 0 Å². The minimum Gasteiger partial charge on any atom is -0.507 e. The van der Waals surface area contributed by atoms with E-state index in [1.807, 2.05) is 13.8 Å².